The molecule has 31 heavy (non-hydrogen) atoms. The number of aryl methyl sites for hydroxylation is 1. The van der Waals surface area contributed by atoms with Crippen LogP contribution < -0.4 is 5.32 Å². The summed E-state index contributed by atoms with van der Waals surface area (Å²) in [6.07, 6.45) is 3.47. The summed E-state index contributed by atoms with van der Waals surface area (Å²) in [6.45, 7) is 11.5. The Morgan fingerprint density at radius 1 is 1.06 bits per heavy atom. The van der Waals surface area contributed by atoms with E-state index in [2.05, 4.69) is 24.1 Å². The topological polar surface area (TPSA) is 69.7 Å². The molecule has 1 amide bonds. The van der Waals surface area contributed by atoms with Crippen LogP contribution in [0.25, 0.3) is 0 Å². The lowest BCUT2D eigenvalue weighted by molar-refractivity contribution is -0.126. The molecule has 2 aliphatic rings. The first-order chi connectivity index (χ1) is 14.7. The average Bonchev–Trinajstić information content (AvgIpc) is 2.72. The van der Waals surface area contributed by atoms with E-state index in [1.807, 2.05) is 31.2 Å². The summed E-state index contributed by atoms with van der Waals surface area (Å²) in [7, 11) is -3.34. The van der Waals surface area contributed by atoms with Gasteiger partial charge in [0, 0.05) is 38.6 Å². The predicted octanol–water partition coefficient (Wildman–Crippen LogP) is 3.02. The van der Waals surface area contributed by atoms with Gasteiger partial charge in [-0.05, 0) is 56.6 Å². The third-order valence-electron chi connectivity index (χ3n) is 6.58. The van der Waals surface area contributed by atoms with E-state index in [9.17, 15) is 13.2 Å². The van der Waals surface area contributed by atoms with Crippen LogP contribution >= 0.6 is 0 Å². The van der Waals surface area contributed by atoms with Crippen LogP contribution in [0.15, 0.2) is 24.3 Å². The summed E-state index contributed by atoms with van der Waals surface area (Å²) in [4.78, 5) is 15.1. The second-order valence-corrected chi connectivity index (χ2v) is 11.7. The first kappa shape index (κ1) is 24.2. The van der Waals surface area contributed by atoms with Gasteiger partial charge in [0.05, 0.1) is 5.75 Å². The van der Waals surface area contributed by atoms with Crippen LogP contribution in [0.2, 0.25) is 0 Å². The molecule has 0 saturated carbocycles. The minimum atomic E-state index is -3.34. The van der Waals surface area contributed by atoms with Crippen LogP contribution in [0.3, 0.4) is 0 Å². The fourth-order valence-electron chi connectivity index (χ4n) is 5.02. The van der Waals surface area contributed by atoms with Crippen molar-refractivity contribution in [3.8, 4) is 0 Å². The summed E-state index contributed by atoms with van der Waals surface area (Å²) < 4.78 is 27.0. The second kappa shape index (κ2) is 10.9. The molecule has 2 aliphatic heterocycles. The lowest BCUT2D eigenvalue weighted by Gasteiger charge is -2.35. The summed E-state index contributed by atoms with van der Waals surface area (Å²) in [5.74, 6) is 1.53. The van der Waals surface area contributed by atoms with Gasteiger partial charge in [0.25, 0.3) is 0 Å². The molecule has 3 rings (SSSR count). The van der Waals surface area contributed by atoms with Gasteiger partial charge < -0.3 is 10.2 Å². The van der Waals surface area contributed by atoms with Crippen molar-refractivity contribution >= 4 is 15.9 Å². The molecule has 174 valence electrons. The summed E-state index contributed by atoms with van der Waals surface area (Å²) >= 11 is 0. The molecule has 7 heteroatoms. The van der Waals surface area contributed by atoms with E-state index in [1.54, 1.807) is 4.31 Å². The molecule has 6 nitrogen and oxygen atoms in total. The van der Waals surface area contributed by atoms with Crippen molar-refractivity contribution in [1.82, 2.24) is 14.5 Å². The zero-order chi connectivity index (χ0) is 22.4. The third-order valence-corrected chi connectivity index (χ3v) is 8.43. The lowest BCUT2D eigenvalue weighted by atomic mass is 9.92. The number of carbonyl (C=O) groups excluding carboxylic acids is 1. The Balaban J connectivity index is 1.36. The number of piperidine rings is 2. The molecule has 1 aromatic rings. The Kier molecular flexibility index (Phi) is 8.53. The van der Waals surface area contributed by atoms with E-state index in [1.165, 1.54) is 6.42 Å². The number of nitrogens with zero attached hydrogens (tertiary/aromatic N) is 2. The number of hydrogen-bond donors (Lipinski definition) is 1. The Labute approximate surface area is 188 Å². The van der Waals surface area contributed by atoms with Crippen molar-refractivity contribution in [2.24, 2.45) is 17.8 Å². The smallest absolute Gasteiger partial charge is 0.223 e. The van der Waals surface area contributed by atoms with E-state index < -0.39 is 10.0 Å². The third kappa shape index (κ3) is 7.29. The SMILES string of the molecule is Cc1ccc(CS(=O)(=O)N2CCC(C(=O)NCCCN3CC(C)CC(C)C3)CC2)cc1. The maximum absolute atomic E-state index is 12.7. The first-order valence-corrected chi connectivity index (χ1v) is 13.4. The minimum Gasteiger partial charge on any atom is -0.356 e. The average molecular weight is 450 g/mol. The van der Waals surface area contributed by atoms with Gasteiger partial charge in [-0.3, -0.25) is 4.79 Å². The highest BCUT2D eigenvalue weighted by molar-refractivity contribution is 7.88. The lowest BCUT2D eigenvalue weighted by Crippen LogP contribution is -2.44. The van der Waals surface area contributed by atoms with Gasteiger partial charge in [-0.2, -0.15) is 0 Å². The molecule has 2 heterocycles. The highest BCUT2D eigenvalue weighted by Crippen LogP contribution is 2.23. The molecule has 1 N–H and O–H groups in total. The number of benzene rings is 1. The van der Waals surface area contributed by atoms with Gasteiger partial charge in [0.1, 0.15) is 0 Å². The number of likely N-dealkylation sites (tertiary alicyclic amines) is 1. The number of rotatable bonds is 8. The maximum atomic E-state index is 12.7. The van der Waals surface area contributed by atoms with E-state index in [4.69, 9.17) is 0 Å². The van der Waals surface area contributed by atoms with Gasteiger partial charge in [-0.1, -0.05) is 43.7 Å². The highest BCUT2D eigenvalue weighted by atomic mass is 32.2. The van der Waals surface area contributed by atoms with Crippen LogP contribution in [0.4, 0.5) is 0 Å². The molecule has 0 spiro atoms. The molecule has 0 aliphatic carbocycles. The number of sulfonamides is 1. The van der Waals surface area contributed by atoms with Crippen molar-refractivity contribution < 1.29 is 13.2 Å². The van der Waals surface area contributed by atoms with E-state index >= 15 is 0 Å². The Bertz CT molecular complexity index is 807. The Morgan fingerprint density at radius 2 is 1.68 bits per heavy atom. The van der Waals surface area contributed by atoms with E-state index in [-0.39, 0.29) is 17.6 Å². The fourth-order valence-corrected chi connectivity index (χ4v) is 6.58. The van der Waals surface area contributed by atoms with Gasteiger partial charge in [0.2, 0.25) is 15.9 Å². The quantitative estimate of drug-likeness (QED) is 0.620. The van der Waals surface area contributed by atoms with E-state index in [0.29, 0.717) is 32.5 Å². The predicted molar refractivity (Wildman–Crippen MR) is 125 cm³/mol. The minimum absolute atomic E-state index is 0.0257. The molecule has 2 fully saturated rings. The number of nitrogens with one attached hydrogen (secondary N) is 1. The standard InChI is InChI=1S/C24H39N3O3S/c1-19-5-7-22(8-6-19)18-31(29,30)27-13-9-23(10-14-27)24(28)25-11-4-12-26-16-20(2)15-21(3)17-26/h5-8,20-21,23H,4,9-18H2,1-3H3,(H,25,28). The van der Waals surface area contributed by atoms with E-state index in [0.717, 1.165) is 49.0 Å². The summed E-state index contributed by atoms with van der Waals surface area (Å²) in [5, 5.41) is 3.08. The Hall–Kier alpha value is -1.44. The molecule has 2 unspecified atom stereocenters. The molecular weight excluding hydrogens is 410 g/mol. The number of carbonyl (C=O) groups is 1. The first-order valence-electron chi connectivity index (χ1n) is 11.8. The monoisotopic (exact) mass is 449 g/mol. The van der Waals surface area contributed by atoms with Crippen molar-refractivity contribution in [2.75, 3.05) is 39.3 Å². The van der Waals surface area contributed by atoms with Crippen LogP contribution in [0.1, 0.15) is 50.7 Å². The normalized spacial score (nSPS) is 24.2. The molecule has 2 atom stereocenters. The van der Waals surface area contributed by atoms with Crippen LogP contribution in [0, 0.1) is 24.7 Å². The summed E-state index contributed by atoms with van der Waals surface area (Å²) in [6, 6.07) is 7.62. The van der Waals surface area contributed by atoms with Crippen molar-refractivity contribution in [3.63, 3.8) is 0 Å². The van der Waals surface area contributed by atoms with Crippen molar-refractivity contribution in [2.45, 2.75) is 52.2 Å². The van der Waals surface area contributed by atoms with Crippen LogP contribution in [-0.4, -0.2) is 62.8 Å². The second-order valence-electron chi connectivity index (χ2n) is 9.77. The largest absolute Gasteiger partial charge is 0.356 e. The molecule has 2 saturated heterocycles. The molecule has 0 radical (unpaired) electrons. The van der Waals surface area contributed by atoms with Crippen LogP contribution in [0.5, 0.6) is 0 Å². The zero-order valence-corrected chi connectivity index (χ0v) is 20.2. The van der Waals surface area contributed by atoms with Gasteiger partial charge in [-0.15, -0.1) is 0 Å². The Morgan fingerprint density at radius 3 is 2.29 bits per heavy atom. The number of hydrogen-bond acceptors (Lipinski definition) is 4. The summed E-state index contributed by atoms with van der Waals surface area (Å²) in [5.41, 5.74) is 1.93. The highest BCUT2D eigenvalue weighted by Gasteiger charge is 2.31. The molecular formula is C24H39N3O3S. The van der Waals surface area contributed by atoms with Gasteiger partial charge in [0.15, 0.2) is 0 Å². The van der Waals surface area contributed by atoms with Gasteiger partial charge in [-0.25, -0.2) is 12.7 Å². The van der Waals surface area contributed by atoms with Crippen molar-refractivity contribution in [3.05, 3.63) is 35.4 Å². The van der Waals surface area contributed by atoms with Gasteiger partial charge >= 0.3 is 0 Å². The number of amides is 1. The van der Waals surface area contributed by atoms with Crippen LogP contribution in [-0.2, 0) is 20.6 Å². The molecule has 0 bridgehead atoms. The fraction of sp³-hybridized carbons (Fsp3) is 0.708. The van der Waals surface area contributed by atoms with Crippen molar-refractivity contribution in [1.29, 1.82) is 0 Å². The zero-order valence-electron chi connectivity index (χ0n) is 19.3. The molecule has 1 aromatic carbocycles. The molecule has 0 aromatic heterocycles. The maximum Gasteiger partial charge on any atom is 0.223 e.